The number of para-hydroxylation sites is 1. The Bertz CT molecular complexity index is 791. The molecule has 0 saturated heterocycles. The molecule has 26 heavy (non-hydrogen) atoms. The Balaban J connectivity index is 2.09. The van der Waals surface area contributed by atoms with Crippen molar-refractivity contribution < 1.29 is 14.3 Å². The van der Waals surface area contributed by atoms with Crippen molar-refractivity contribution in [3.8, 4) is 5.75 Å². The molecule has 0 atom stereocenters. The lowest BCUT2D eigenvalue weighted by atomic mass is 10.1. The highest BCUT2D eigenvalue weighted by molar-refractivity contribution is 7.80. The Morgan fingerprint density at radius 2 is 1.69 bits per heavy atom. The number of thiocarbonyl (C=S) groups is 1. The molecule has 0 radical (unpaired) electrons. The molecule has 3 N–H and O–H groups in total. The molecule has 2 amide bonds. The molecule has 2 aromatic carbocycles. The molecule has 0 heterocycles. The van der Waals surface area contributed by atoms with Gasteiger partial charge in [0.1, 0.15) is 5.75 Å². The van der Waals surface area contributed by atoms with Gasteiger partial charge in [0.2, 0.25) is 5.91 Å². The molecule has 2 rings (SSSR count). The quantitative estimate of drug-likeness (QED) is 0.677. The second kappa shape index (κ2) is 9.53. The van der Waals surface area contributed by atoms with Gasteiger partial charge in [-0.1, -0.05) is 19.1 Å². The SMILES string of the molecule is CCOc1ccc(NC(=O)c2ccccc2NC(=S)NC(=O)CC)cc1. The van der Waals surface area contributed by atoms with Gasteiger partial charge in [-0.25, -0.2) is 0 Å². The normalized spacial score (nSPS) is 9.92. The largest absolute Gasteiger partial charge is 0.494 e. The first kappa shape index (κ1) is 19.4. The predicted molar refractivity (Wildman–Crippen MR) is 107 cm³/mol. The zero-order valence-corrected chi connectivity index (χ0v) is 15.5. The number of carbonyl (C=O) groups is 2. The van der Waals surface area contributed by atoms with Gasteiger partial charge < -0.3 is 20.7 Å². The highest BCUT2D eigenvalue weighted by Crippen LogP contribution is 2.19. The fourth-order valence-corrected chi connectivity index (χ4v) is 2.38. The standard InChI is InChI=1S/C19H21N3O3S/c1-3-17(23)22-19(26)21-16-8-6-5-7-15(16)18(24)20-13-9-11-14(12-10-13)25-4-2/h5-12H,3-4H2,1-2H3,(H,20,24)(H2,21,22,23,26). The number of anilines is 2. The van der Waals surface area contributed by atoms with E-state index in [0.29, 0.717) is 30.0 Å². The number of amides is 2. The summed E-state index contributed by atoms with van der Waals surface area (Å²) in [7, 11) is 0. The van der Waals surface area contributed by atoms with Gasteiger partial charge in [0.15, 0.2) is 5.11 Å². The Hall–Kier alpha value is -2.93. The van der Waals surface area contributed by atoms with Crippen LogP contribution in [0.2, 0.25) is 0 Å². The average molecular weight is 371 g/mol. The summed E-state index contributed by atoms with van der Waals surface area (Å²) in [4.78, 5) is 24.0. The van der Waals surface area contributed by atoms with Crippen molar-refractivity contribution in [1.82, 2.24) is 5.32 Å². The molecule has 0 fully saturated rings. The van der Waals surface area contributed by atoms with E-state index in [2.05, 4.69) is 16.0 Å². The molecule has 0 aliphatic carbocycles. The van der Waals surface area contributed by atoms with Crippen molar-refractivity contribution in [2.75, 3.05) is 17.2 Å². The van der Waals surface area contributed by atoms with Crippen molar-refractivity contribution in [2.45, 2.75) is 20.3 Å². The van der Waals surface area contributed by atoms with Crippen LogP contribution in [0.4, 0.5) is 11.4 Å². The van der Waals surface area contributed by atoms with Crippen LogP contribution in [0.5, 0.6) is 5.75 Å². The van der Waals surface area contributed by atoms with E-state index in [-0.39, 0.29) is 16.9 Å². The smallest absolute Gasteiger partial charge is 0.257 e. The average Bonchev–Trinajstić information content (AvgIpc) is 2.63. The van der Waals surface area contributed by atoms with E-state index < -0.39 is 0 Å². The number of rotatable bonds is 6. The molecule has 2 aromatic rings. The highest BCUT2D eigenvalue weighted by Gasteiger charge is 2.13. The zero-order chi connectivity index (χ0) is 18.9. The minimum absolute atomic E-state index is 0.151. The van der Waals surface area contributed by atoms with Crippen LogP contribution in [0.3, 0.4) is 0 Å². The second-order valence-corrected chi connectivity index (χ2v) is 5.72. The Labute approximate surface area is 157 Å². The van der Waals surface area contributed by atoms with Crippen LogP contribution in [0.15, 0.2) is 48.5 Å². The lowest BCUT2D eigenvalue weighted by Crippen LogP contribution is -2.34. The van der Waals surface area contributed by atoms with Gasteiger partial charge in [-0.3, -0.25) is 9.59 Å². The zero-order valence-electron chi connectivity index (χ0n) is 14.7. The maximum atomic E-state index is 12.6. The van der Waals surface area contributed by atoms with E-state index in [1.54, 1.807) is 55.5 Å². The van der Waals surface area contributed by atoms with Gasteiger partial charge in [0.05, 0.1) is 17.9 Å². The third kappa shape index (κ3) is 5.56. The summed E-state index contributed by atoms with van der Waals surface area (Å²) in [5, 5.41) is 8.41. The molecular weight excluding hydrogens is 350 g/mol. The molecule has 6 nitrogen and oxygen atoms in total. The Morgan fingerprint density at radius 1 is 1.00 bits per heavy atom. The third-order valence-electron chi connectivity index (χ3n) is 3.42. The van der Waals surface area contributed by atoms with Gasteiger partial charge in [-0.05, 0) is 55.5 Å². The van der Waals surface area contributed by atoms with Crippen LogP contribution in [-0.4, -0.2) is 23.5 Å². The van der Waals surface area contributed by atoms with E-state index in [9.17, 15) is 9.59 Å². The van der Waals surface area contributed by atoms with Crippen molar-refractivity contribution in [3.63, 3.8) is 0 Å². The maximum Gasteiger partial charge on any atom is 0.257 e. The minimum atomic E-state index is -0.290. The summed E-state index contributed by atoms with van der Waals surface area (Å²) >= 11 is 5.10. The predicted octanol–water partition coefficient (Wildman–Crippen LogP) is 3.56. The first-order chi connectivity index (χ1) is 12.5. The first-order valence-electron chi connectivity index (χ1n) is 8.27. The van der Waals surface area contributed by atoms with E-state index in [0.717, 1.165) is 5.75 Å². The van der Waals surface area contributed by atoms with E-state index in [1.165, 1.54) is 0 Å². The van der Waals surface area contributed by atoms with Crippen LogP contribution < -0.4 is 20.7 Å². The highest BCUT2D eigenvalue weighted by atomic mass is 32.1. The number of hydrogen-bond acceptors (Lipinski definition) is 4. The van der Waals surface area contributed by atoms with Crippen molar-refractivity contribution in [2.24, 2.45) is 0 Å². The van der Waals surface area contributed by atoms with Crippen molar-refractivity contribution in [1.29, 1.82) is 0 Å². The molecule has 0 aliphatic heterocycles. The Morgan fingerprint density at radius 3 is 2.35 bits per heavy atom. The van der Waals surface area contributed by atoms with E-state index in [1.807, 2.05) is 6.92 Å². The number of hydrogen-bond donors (Lipinski definition) is 3. The molecule has 7 heteroatoms. The summed E-state index contributed by atoms with van der Waals surface area (Å²) in [6.07, 6.45) is 0.321. The van der Waals surface area contributed by atoms with Crippen LogP contribution in [0, 0.1) is 0 Å². The lowest BCUT2D eigenvalue weighted by Gasteiger charge is -2.13. The number of benzene rings is 2. The number of ether oxygens (including phenoxy) is 1. The topological polar surface area (TPSA) is 79.5 Å². The lowest BCUT2D eigenvalue weighted by molar-refractivity contribution is -0.119. The van der Waals surface area contributed by atoms with Gasteiger partial charge in [-0.15, -0.1) is 0 Å². The molecule has 0 aliphatic rings. The second-order valence-electron chi connectivity index (χ2n) is 5.31. The fraction of sp³-hybridized carbons (Fsp3) is 0.211. The molecule has 0 saturated carbocycles. The van der Waals surface area contributed by atoms with Gasteiger partial charge in [-0.2, -0.15) is 0 Å². The minimum Gasteiger partial charge on any atom is -0.494 e. The molecule has 136 valence electrons. The summed E-state index contributed by atoms with van der Waals surface area (Å²) in [6, 6.07) is 14.0. The fourth-order valence-electron chi connectivity index (χ4n) is 2.16. The number of carbonyl (C=O) groups excluding carboxylic acids is 2. The maximum absolute atomic E-state index is 12.6. The van der Waals surface area contributed by atoms with Gasteiger partial charge in [0.25, 0.3) is 5.91 Å². The summed E-state index contributed by atoms with van der Waals surface area (Å²) < 4.78 is 5.38. The van der Waals surface area contributed by atoms with Crippen LogP contribution in [0.25, 0.3) is 0 Å². The van der Waals surface area contributed by atoms with Crippen LogP contribution in [-0.2, 0) is 4.79 Å². The van der Waals surface area contributed by atoms with E-state index in [4.69, 9.17) is 17.0 Å². The van der Waals surface area contributed by atoms with Crippen LogP contribution >= 0.6 is 12.2 Å². The molecule has 0 unspecified atom stereocenters. The molecule has 0 spiro atoms. The summed E-state index contributed by atoms with van der Waals surface area (Å²) in [5.74, 6) is 0.255. The van der Waals surface area contributed by atoms with E-state index >= 15 is 0 Å². The third-order valence-corrected chi connectivity index (χ3v) is 3.62. The van der Waals surface area contributed by atoms with Crippen molar-refractivity contribution in [3.05, 3.63) is 54.1 Å². The first-order valence-corrected chi connectivity index (χ1v) is 8.68. The Kier molecular flexibility index (Phi) is 7.11. The van der Waals surface area contributed by atoms with Crippen molar-refractivity contribution >= 4 is 40.5 Å². The monoisotopic (exact) mass is 371 g/mol. The summed E-state index contributed by atoms with van der Waals surface area (Å²) in [5.41, 5.74) is 1.57. The summed E-state index contributed by atoms with van der Waals surface area (Å²) in [6.45, 7) is 4.22. The molecule has 0 bridgehead atoms. The molecular formula is C19H21N3O3S. The van der Waals surface area contributed by atoms with Crippen LogP contribution in [0.1, 0.15) is 30.6 Å². The number of nitrogens with one attached hydrogen (secondary N) is 3. The van der Waals surface area contributed by atoms with Gasteiger partial charge >= 0.3 is 0 Å². The molecule has 0 aromatic heterocycles. The van der Waals surface area contributed by atoms with Gasteiger partial charge in [0, 0.05) is 12.1 Å².